The molecule has 0 aromatic heterocycles. The van der Waals surface area contributed by atoms with Gasteiger partial charge in [0.05, 0.1) is 0 Å². The van der Waals surface area contributed by atoms with Crippen molar-refractivity contribution in [3.63, 3.8) is 0 Å². The molecular weight excluding hydrogens is 267 g/mol. The minimum atomic E-state index is 0. The van der Waals surface area contributed by atoms with Crippen LogP contribution in [0.5, 0.6) is 0 Å². The maximum Gasteiger partial charge on any atom is 2.00 e. The van der Waals surface area contributed by atoms with Crippen molar-refractivity contribution in [3.05, 3.63) is 5.32 Å². The van der Waals surface area contributed by atoms with E-state index in [-0.39, 0.29) is 22.4 Å². The van der Waals surface area contributed by atoms with E-state index in [2.05, 4.69) is 19.2 Å². The maximum atomic E-state index is 4.21. The molecule has 1 nitrogen and oxygen atoms in total. The Morgan fingerprint density at radius 3 is 1.62 bits per heavy atom. The molecule has 0 amide bonds. The predicted molar refractivity (Wildman–Crippen MR) is 33.7 cm³/mol. The summed E-state index contributed by atoms with van der Waals surface area (Å²) in [6.07, 6.45) is 2.39. The molecule has 47 valence electrons. The first-order valence-electron chi connectivity index (χ1n) is 3.05. The van der Waals surface area contributed by atoms with Gasteiger partial charge in [-0.25, -0.2) is 0 Å². The van der Waals surface area contributed by atoms with E-state index in [1.54, 1.807) is 0 Å². The fourth-order valence-corrected chi connectivity index (χ4v) is 0.428. The molecule has 0 saturated carbocycles. The van der Waals surface area contributed by atoms with Crippen molar-refractivity contribution in [2.24, 2.45) is 0 Å². The first kappa shape index (κ1) is 11.5. The second-order valence-corrected chi connectivity index (χ2v) is 1.67. The molecule has 1 radical (unpaired) electrons. The summed E-state index contributed by atoms with van der Waals surface area (Å²) < 4.78 is 0. The van der Waals surface area contributed by atoms with Gasteiger partial charge in [-0.3, -0.25) is 0 Å². The number of hydrogen-bond donors (Lipinski definition) is 0. The van der Waals surface area contributed by atoms with E-state index in [9.17, 15) is 0 Å². The molecule has 0 aromatic carbocycles. The first-order valence-corrected chi connectivity index (χ1v) is 3.05. The minimum absolute atomic E-state index is 0. The van der Waals surface area contributed by atoms with E-state index < -0.39 is 0 Å². The Morgan fingerprint density at radius 2 is 1.38 bits per heavy atom. The Kier molecular flexibility index (Phi) is 15.3. The normalized spacial score (nSPS) is 8.25. The summed E-state index contributed by atoms with van der Waals surface area (Å²) in [4.78, 5) is 0. The summed E-state index contributed by atoms with van der Waals surface area (Å²) in [7, 11) is 0. The van der Waals surface area contributed by atoms with Gasteiger partial charge < -0.3 is 5.32 Å². The molecule has 0 unspecified atom stereocenters. The number of hydrogen-bond acceptors (Lipinski definition) is 0. The fourth-order valence-electron chi connectivity index (χ4n) is 0.428. The van der Waals surface area contributed by atoms with Gasteiger partial charge in [0.2, 0.25) is 0 Å². The van der Waals surface area contributed by atoms with Crippen LogP contribution in [0.2, 0.25) is 0 Å². The zero-order valence-electron chi connectivity index (χ0n) is 5.72. The summed E-state index contributed by atoms with van der Waals surface area (Å²) in [5, 5.41) is 4.21. The average Bonchev–Trinajstić information content (AvgIpc) is 1.69. The van der Waals surface area contributed by atoms with E-state index >= 15 is 0 Å². The zero-order valence-corrected chi connectivity index (χ0v) is 8.94. The second-order valence-electron chi connectivity index (χ2n) is 1.67. The van der Waals surface area contributed by atoms with Crippen LogP contribution < -0.4 is 0 Å². The minimum Gasteiger partial charge on any atom is -0.662 e. The quantitative estimate of drug-likeness (QED) is 0.701. The molecule has 0 saturated heterocycles. The third-order valence-corrected chi connectivity index (χ3v) is 0.763. The fraction of sp³-hybridized carbons (Fsp3) is 1.00. The third kappa shape index (κ3) is 9.85. The number of rotatable bonds is 4. The summed E-state index contributed by atoms with van der Waals surface area (Å²) >= 11 is 0. The first-order chi connectivity index (χ1) is 3.41. The molecule has 0 fully saturated rings. The third-order valence-electron chi connectivity index (χ3n) is 0.763. The van der Waals surface area contributed by atoms with Gasteiger partial charge in [-0.2, -0.15) is 0 Å². The standard InChI is InChI=1S/C6H14N.Ta/c1-3-5-7-6-4-2;/h3-6H2,1-2H3;/q-1;+2. The molecule has 0 aliphatic rings. The van der Waals surface area contributed by atoms with E-state index in [1.165, 1.54) is 12.8 Å². The van der Waals surface area contributed by atoms with Gasteiger partial charge >= 0.3 is 22.4 Å². The van der Waals surface area contributed by atoms with Crippen LogP contribution in [0, 0.1) is 0 Å². The van der Waals surface area contributed by atoms with Crippen LogP contribution in [-0.2, 0) is 22.4 Å². The molecule has 2 heteroatoms. The van der Waals surface area contributed by atoms with Crippen molar-refractivity contribution in [2.75, 3.05) is 13.1 Å². The van der Waals surface area contributed by atoms with E-state index in [4.69, 9.17) is 0 Å². The summed E-state index contributed by atoms with van der Waals surface area (Å²) in [5.41, 5.74) is 0. The van der Waals surface area contributed by atoms with Gasteiger partial charge in [0.1, 0.15) is 0 Å². The van der Waals surface area contributed by atoms with Crippen LogP contribution in [0.25, 0.3) is 5.32 Å². The molecule has 0 heterocycles. The molecule has 0 aliphatic carbocycles. The van der Waals surface area contributed by atoms with Crippen molar-refractivity contribution >= 4 is 0 Å². The molecular formula is C6H14NTa+. The van der Waals surface area contributed by atoms with Crippen LogP contribution in [0.3, 0.4) is 0 Å². The molecule has 8 heavy (non-hydrogen) atoms. The number of nitrogens with zero attached hydrogens (tertiary/aromatic N) is 1. The van der Waals surface area contributed by atoms with Crippen molar-refractivity contribution in [2.45, 2.75) is 26.7 Å². The molecule has 0 aromatic rings. The monoisotopic (exact) mass is 281 g/mol. The summed E-state index contributed by atoms with van der Waals surface area (Å²) in [6, 6.07) is 0. The van der Waals surface area contributed by atoms with Gasteiger partial charge in [-0.15, -0.1) is 13.1 Å². The largest absolute Gasteiger partial charge is 2.00 e. The smallest absolute Gasteiger partial charge is 0.662 e. The van der Waals surface area contributed by atoms with Crippen LogP contribution in [0.1, 0.15) is 26.7 Å². The maximum absolute atomic E-state index is 4.21. The van der Waals surface area contributed by atoms with Gasteiger partial charge in [0.15, 0.2) is 0 Å². The Balaban J connectivity index is 0. The van der Waals surface area contributed by atoms with E-state index in [1.807, 2.05) is 0 Å². The molecule has 0 aliphatic heterocycles. The Labute approximate surface area is 67.7 Å². The molecule has 0 N–H and O–H groups in total. The van der Waals surface area contributed by atoms with E-state index in [0.29, 0.717) is 0 Å². The second kappa shape index (κ2) is 10.6. The van der Waals surface area contributed by atoms with Crippen LogP contribution in [0.15, 0.2) is 0 Å². The molecule has 0 spiro atoms. The Bertz CT molecular complexity index is 27.7. The van der Waals surface area contributed by atoms with Gasteiger partial charge in [0.25, 0.3) is 0 Å². The SMILES string of the molecule is CCC[N-]CCC.[Ta+2]. The van der Waals surface area contributed by atoms with E-state index in [0.717, 1.165) is 13.1 Å². The average molecular weight is 281 g/mol. The van der Waals surface area contributed by atoms with Crippen LogP contribution in [0.4, 0.5) is 0 Å². The van der Waals surface area contributed by atoms with Crippen LogP contribution >= 0.6 is 0 Å². The van der Waals surface area contributed by atoms with Crippen molar-refractivity contribution < 1.29 is 22.4 Å². The summed E-state index contributed by atoms with van der Waals surface area (Å²) in [6.45, 7) is 6.40. The topological polar surface area (TPSA) is 14.1 Å². The zero-order chi connectivity index (χ0) is 5.54. The molecule has 0 bridgehead atoms. The van der Waals surface area contributed by atoms with Crippen LogP contribution in [-0.4, -0.2) is 13.1 Å². The van der Waals surface area contributed by atoms with Crippen molar-refractivity contribution in [1.82, 2.24) is 0 Å². The Morgan fingerprint density at radius 1 is 1.00 bits per heavy atom. The van der Waals surface area contributed by atoms with Gasteiger partial charge in [-0.05, 0) is 0 Å². The molecule has 0 rings (SSSR count). The van der Waals surface area contributed by atoms with Crippen molar-refractivity contribution in [1.29, 1.82) is 0 Å². The molecule has 0 atom stereocenters. The van der Waals surface area contributed by atoms with Crippen molar-refractivity contribution in [3.8, 4) is 0 Å². The van der Waals surface area contributed by atoms with Gasteiger partial charge in [0, 0.05) is 0 Å². The predicted octanol–water partition coefficient (Wildman–Crippen LogP) is 2.18. The van der Waals surface area contributed by atoms with Gasteiger partial charge in [-0.1, -0.05) is 26.7 Å². The summed E-state index contributed by atoms with van der Waals surface area (Å²) in [5.74, 6) is 0. The Hall–Kier alpha value is 0.700.